The van der Waals surface area contributed by atoms with Gasteiger partial charge in [0.15, 0.2) is 0 Å². The number of carbonyl (C=O) groups is 1. The molecule has 0 radical (unpaired) electrons. The molecule has 168 valence electrons. The molecule has 9 heteroatoms. The number of amides is 1. The molecule has 31 heavy (non-hydrogen) atoms. The lowest BCUT2D eigenvalue weighted by molar-refractivity contribution is 0.0939. The van der Waals surface area contributed by atoms with Crippen LogP contribution in [0.4, 0.5) is 11.4 Å². The van der Waals surface area contributed by atoms with Crippen molar-refractivity contribution in [3.05, 3.63) is 52.5 Å². The van der Waals surface area contributed by atoms with Crippen molar-refractivity contribution in [2.45, 2.75) is 38.1 Å². The Bertz CT molecular complexity index is 1050. The lowest BCUT2D eigenvalue weighted by Crippen LogP contribution is -2.43. The van der Waals surface area contributed by atoms with E-state index in [1.807, 2.05) is 20.8 Å². The van der Waals surface area contributed by atoms with Crippen molar-refractivity contribution in [2.24, 2.45) is 0 Å². The number of benzene rings is 2. The van der Waals surface area contributed by atoms with Gasteiger partial charge in [0.05, 0.1) is 16.3 Å². The fourth-order valence-electron chi connectivity index (χ4n) is 3.29. The largest absolute Gasteiger partial charge is 0.367 e. The highest BCUT2D eigenvalue weighted by molar-refractivity contribution is 7.92. The van der Waals surface area contributed by atoms with E-state index in [1.165, 1.54) is 12.1 Å². The van der Waals surface area contributed by atoms with Crippen molar-refractivity contribution in [1.29, 1.82) is 0 Å². The van der Waals surface area contributed by atoms with Crippen LogP contribution in [0.1, 0.15) is 36.2 Å². The van der Waals surface area contributed by atoms with Gasteiger partial charge >= 0.3 is 0 Å². The van der Waals surface area contributed by atoms with E-state index in [2.05, 4.69) is 20.3 Å². The number of carbonyl (C=O) groups excluding carboxylic acids is 1. The second kappa shape index (κ2) is 9.89. The van der Waals surface area contributed by atoms with E-state index in [-0.39, 0.29) is 16.8 Å². The Labute approximate surface area is 189 Å². The van der Waals surface area contributed by atoms with Crippen LogP contribution in [0.2, 0.25) is 5.02 Å². The van der Waals surface area contributed by atoms with Crippen LogP contribution < -0.4 is 20.3 Å². The zero-order chi connectivity index (χ0) is 22.6. The number of piperazine rings is 1. The first kappa shape index (κ1) is 23.4. The SMILES string of the molecule is CC[C@@H](C)NC(=O)c1ccc(N2CCNCC2)c(NS(=O)(=O)c2ccc(C)c(Cl)c2)c1. The second-order valence-electron chi connectivity index (χ2n) is 7.77. The maximum atomic E-state index is 13.1. The molecule has 1 atom stereocenters. The van der Waals surface area contributed by atoms with Crippen LogP contribution in [-0.4, -0.2) is 46.5 Å². The van der Waals surface area contributed by atoms with Crippen molar-refractivity contribution in [3.63, 3.8) is 0 Å². The fourth-order valence-corrected chi connectivity index (χ4v) is 4.63. The lowest BCUT2D eigenvalue weighted by atomic mass is 10.1. The summed E-state index contributed by atoms with van der Waals surface area (Å²) < 4.78 is 28.9. The van der Waals surface area contributed by atoms with Crippen LogP contribution in [0, 0.1) is 6.92 Å². The third-order valence-electron chi connectivity index (χ3n) is 5.40. The van der Waals surface area contributed by atoms with Gasteiger partial charge in [-0.2, -0.15) is 0 Å². The zero-order valence-electron chi connectivity index (χ0n) is 18.0. The maximum Gasteiger partial charge on any atom is 0.262 e. The Morgan fingerprint density at radius 1 is 1.19 bits per heavy atom. The second-order valence-corrected chi connectivity index (χ2v) is 9.86. The number of hydrogen-bond donors (Lipinski definition) is 3. The fraction of sp³-hybridized carbons (Fsp3) is 0.409. The smallest absolute Gasteiger partial charge is 0.262 e. The summed E-state index contributed by atoms with van der Waals surface area (Å²) in [4.78, 5) is 14.8. The molecule has 2 aromatic carbocycles. The average Bonchev–Trinajstić information content (AvgIpc) is 2.75. The molecule has 3 rings (SSSR count). The van der Waals surface area contributed by atoms with Gasteiger partial charge in [-0.3, -0.25) is 9.52 Å². The Morgan fingerprint density at radius 3 is 2.55 bits per heavy atom. The van der Waals surface area contributed by atoms with Gasteiger partial charge in [-0.15, -0.1) is 0 Å². The molecule has 0 aliphatic carbocycles. The van der Waals surface area contributed by atoms with Crippen molar-refractivity contribution in [2.75, 3.05) is 35.8 Å². The van der Waals surface area contributed by atoms with Gasteiger partial charge < -0.3 is 15.5 Å². The number of nitrogens with one attached hydrogen (secondary N) is 3. The predicted octanol–water partition coefficient (Wildman–Crippen LogP) is 3.39. The first-order chi connectivity index (χ1) is 14.7. The molecule has 1 heterocycles. The quantitative estimate of drug-likeness (QED) is 0.584. The van der Waals surface area contributed by atoms with Crippen molar-refractivity contribution < 1.29 is 13.2 Å². The number of aryl methyl sites for hydroxylation is 1. The van der Waals surface area contributed by atoms with Gasteiger partial charge in [-0.1, -0.05) is 24.6 Å². The Kier molecular flexibility index (Phi) is 7.46. The minimum Gasteiger partial charge on any atom is -0.367 e. The van der Waals surface area contributed by atoms with Gasteiger partial charge in [-0.25, -0.2) is 8.42 Å². The van der Waals surface area contributed by atoms with E-state index in [9.17, 15) is 13.2 Å². The van der Waals surface area contributed by atoms with E-state index in [1.54, 1.807) is 24.3 Å². The molecule has 7 nitrogen and oxygen atoms in total. The van der Waals surface area contributed by atoms with Gasteiger partial charge in [-0.05, 0) is 56.2 Å². The van der Waals surface area contributed by atoms with Gasteiger partial charge in [0, 0.05) is 42.8 Å². The molecule has 1 aliphatic rings. The van der Waals surface area contributed by atoms with E-state index < -0.39 is 10.0 Å². The molecular formula is C22H29ClN4O3S. The highest BCUT2D eigenvalue weighted by atomic mass is 35.5. The van der Waals surface area contributed by atoms with E-state index in [4.69, 9.17) is 11.6 Å². The minimum atomic E-state index is -3.89. The topological polar surface area (TPSA) is 90.5 Å². The van der Waals surface area contributed by atoms with Gasteiger partial charge in [0.1, 0.15) is 0 Å². The summed E-state index contributed by atoms with van der Waals surface area (Å²) in [5, 5.41) is 6.59. The van der Waals surface area contributed by atoms with Crippen LogP contribution in [0.5, 0.6) is 0 Å². The first-order valence-corrected chi connectivity index (χ1v) is 12.3. The number of rotatable bonds is 7. The predicted molar refractivity (Wildman–Crippen MR) is 126 cm³/mol. The summed E-state index contributed by atoms with van der Waals surface area (Å²) >= 11 is 6.14. The van der Waals surface area contributed by atoms with Crippen LogP contribution >= 0.6 is 11.6 Å². The third kappa shape index (κ3) is 5.70. The monoisotopic (exact) mass is 464 g/mol. The molecule has 3 N–H and O–H groups in total. The van der Waals surface area contributed by atoms with E-state index in [0.29, 0.717) is 16.3 Å². The Morgan fingerprint density at radius 2 is 1.90 bits per heavy atom. The molecule has 0 spiro atoms. The lowest BCUT2D eigenvalue weighted by Gasteiger charge is -2.31. The number of nitrogens with zero attached hydrogens (tertiary/aromatic N) is 1. The summed E-state index contributed by atoms with van der Waals surface area (Å²) in [6, 6.07) is 9.78. The van der Waals surface area contributed by atoms with Crippen molar-refractivity contribution in [3.8, 4) is 0 Å². The minimum absolute atomic E-state index is 0.0233. The molecule has 2 aromatic rings. The molecule has 1 aliphatic heterocycles. The van der Waals surface area contributed by atoms with Crippen molar-refractivity contribution in [1.82, 2.24) is 10.6 Å². The first-order valence-electron chi connectivity index (χ1n) is 10.4. The number of hydrogen-bond acceptors (Lipinski definition) is 5. The number of halogens is 1. The molecule has 0 unspecified atom stereocenters. The highest BCUT2D eigenvalue weighted by Gasteiger charge is 2.22. The summed E-state index contributed by atoms with van der Waals surface area (Å²) in [5.74, 6) is -0.236. The van der Waals surface area contributed by atoms with Gasteiger partial charge in [0.25, 0.3) is 15.9 Å². The van der Waals surface area contributed by atoms with Crippen molar-refractivity contribution >= 4 is 38.9 Å². The molecule has 0 aromatic heterocycles. The van der Waals surface area contributed by atoms with Crippen LogP contribution in [0.15, 0.2) is 41.3 Å². The average molecular weight is 465 g/mol. The third-order valence-corrected chi connectivity index (χ3v) is 7.17. The number of sulfonamides is 1. The molecule has 1 amide bonds. The maximum absolute atomic E-state index is 13.1. The summed E-state index contributed by atoms with van der Waals surface area (Å²) in [6.07, 6.45) is 0.804. The summed E-state index contributed by atoms with van der Waals surface area (Å²) in [7, 11) is -3.89. The summed E-state index contributed by atoms with van der Waals surface area (Å²) in [6.45, 7) is 8.81. The Hall–Kier alpha value is -2.29. The van der Waals surface area contributed by atoms with Crippen LogP contribution in [0.25, 0.3) is 0 Å². The zero-order valence-corrected chi connectivity index (χ0v) is 19.6. The Balaban J connectivity index is 1.98. The van der Waals surface area contributed by atoms with Gasteiger partial charge in [0.2, 0.25) is 0 Å². The van der Waals surface area contributed by atoms with E-state index >= 15 is 0 Å². The highest BCUT2D eigenvalue weighted by Crippen LogP contribution is 2.31. The molecule has 1 saturated heterocycles. The van der Waals surface area contributed by atoms with Crippen LogP contribution in [-0.2, 0) is 10.0 Å². The molecule has 1 fully saturated rings. The summed E-state index contributed by atoms with van der Waals surface area (Å²) in [5.41, 5.74) is 2.31. The normalized spacial score (nSPS) is 15.4. The molecule has 0 bridgehead atoms. The molecular weight excluding hydrogens is 436 g/mol. The number of anilines is 2. The standard InChI is InChI=1S/C22H29ClN4O3S/c1-4-16(3)25-22(28)17-6-8-21(27-11-9-24-10-12-27)20(13-17)26-31(29,30)18-7-5-15(2)19(23)14-18/h5-8,13-14,16,24,26H,4,9-12H2,1-3H3,(H,25,28)/t16-/m1/s1. The molecule has 0 saturated carbocycles. The van der Waals surface area contributed by atoms with Crippen LogP contribution in [0.3, 0.4) is 0 Å². The van der Waals surface area contributed by atoms with E-state index in [0.717, 1.165) is 43.9 Å².